The van der Waals surface area contributed by atoms with Crippen molar-refractivity contribution in [2.75, 3.05) is 6.54 Å². The summed E-state index contributed by atoms with van der Waals surface area (Å²) in [6.07, 6.45) is 3.34. The Labute approximate surface area is 145 Å². The quantitative estimate of drug-likeness (QED) is 0.619. The third kappa shape index (κ3) is 3.09. The molecule has 8 heteroatoms. The van der Waals surface area contributed by atoms with Crippen LogP contribution >= 0.6 is 15.9 Å². The molecule has 0 atom stereocenters. The molecule has 0 spiro atoms. The van der Waals surface area contributed by atoms with Crippen LogP contribution in [-0.2, 0) is 9.59 Å². The SMILES string of the molecule is O=C(O)CN1C(=O)N/C(=C/c2cccn2-c2ccc(Br)cc2)C1=O. The lowest BCUT2D eigenvalue weighted by Gasteiger charge is -2.08. The van der Waals surface area contributed by atoms with Crippen LogP contribution in [0.1, 0.15) is 5.69 Å². The number of amides is 3. The van der Waals surface area contributed by atoms with Gasteiger partial charge in [0.1, 0.15) is 12.2 Å². The number of carbonyl (C=O) groups excluding carboxylic acids is 2. The van der Waals surface area contributed by atoms with Crippen LogP contribution in [0, 0.1) is 0 Å². The largest absolute Gasteiger partial charge is 0.480 e. The summed E-state index contributed by atoms with van der Waals surface area (Å²) in [7, 11) is 0. The van der Waals surface area contributed by atoms with Crippen LogP contribution in [0.2, 0.25) is 0 Å². The van der Waals surface area contributed by atoms with Gasteiger partial charge < -0.3 is 15.0 Å². The lowest BCUT2D eigenvalue weighted by molar-refractivity contribution is -0.140. The van der Waals surface area contributed by atoms with Gasteiger partial charge >= 0.3 is 12.0 Å². The fourth-order valence-corrected chi connectivity index (χ4v) is 2.61. The Balaban J connectivity index is 1.92. The molecule has 3 rings (SSSR count). The van der Waals surface area contributed by atoms with Crippen molar-refractivity contribution in [1.29, 1.82) is 0 Å². The maximum absolute atomic E-state index is 12.2. The summed E-state index contributed by atoms with van der Waals surface area (Å²) in [4.78, 5) is 35.3. The third-order valence-corrected chi connectivity index (χ3v) is 3.96. The smallest absolute Gasteiger partial charge is 0.329 e. The zero-order valence-electron chi connectivity index (χ0n) is 12.3. The fourth-order valence-electron chi connectivity index (χ4n) is 2.35. The number of aromatic nitrogens is 1. The first-order valence-corrected chi connectivity index (χ1v) is 7.74. The molecule has 2 heterocycles. The number of hydrogen-bond donors (Lipinski definition) is 2. The van der Waals surface area contributed by atoms with E-state index in [2.05, 4.69) is 21.2 Å². The van der Waals surface area contributed by atoms with Crippen molar-refractivity contribution in [3.05, 3.63) is 58.5 Å². The highest BCUT2D eigenvalue weighted by molar-refractivity contribution is 9.10. The minimum Gasteiger partial charge on any atom is -0.480 e. The molecule has 3 amide bonds. The van der Waals surface area contributed by atoms with E-state index in [1.165, 1.54) is 6.08 Å². The van der Waals surface area contributed by atoms with Gasteiger partial charge in [-0.2, -0.15) is 0 Å². The van der Waals surface area contributed by atoms with Crippen LogP contribution in [0.5, 0.6) is 0 Å². The van der Waals surface area contributed by atoms with Crippen molar-refractivity contribution in [3.63, 3.8) is 0 Å². The Kier molecular flexibility index (Phi) is 4.22. The van der Waals surface area contributed by atoms with Crippen LogP contribution in [0.4, 0.5) is 4.79 Å². The number of nitrogens with zero attached hydrogens (tertiary/aromatic N) is 2. The summed E-state index contributed by atoms with van der Waals surface area (Å²) < 4.78 is 2.79. The Morgan fingerprint density at radius 1 is 1.21 bits per heavy atom. The van der Waals surface area contributed by atoms with Crippen molar-refractivity contribution in [1.82, 2.24) is 14.8 Å². The topological polar surface area (TPSA) is 91.6 Å². The van der Waals surface area contributed by atoms with Gasteiger partial charge in [-0.05, 0) is 42.5 Å². The predicted octanol–water partition coefficient (Wildman–Crippen LogP) is 2.22. The van der Waals surface area contributed by atoms with Gasteiger partial charge in [-0.3, -0.25) is 9.59 Å². The molecule has 1 saturated heterocycles. The van der Waals surface area contributed by atoms with Gasteiger partial charge in [0, 0.05) is 22.1 Å². The molecule has 0 radical (unpaired) electrons. The molecular weight excluding hydrogens is 378 g/mol. The van der Waals surface area contributed by atoms with Gasteiger partial charge in [-0.25, -0.2) is 9.69 Å². The molecule has 0 aliphatic carbocycles. The first-order valence-electron chi connectivity index (χ1n) is 6.95. The maximum atomic E-state index is 12.2. The van der Waals surface area contributed by atoms with Gasteiger partial charge in [0.2, 0.25) is 0 Å². The first-order chi connectivity index (χ1) is 11.5. The summed E-state index contributed by atoms with van der Waals surface area (Å²) in [5, 5.41) is 11.2. The van der Waals surface area contributed by atoms with E-state index in [-0.39, 0.29) is 5.70 Å². The standard InChI is InChI=1S/C16H12BrN3O4/c17-10-3-5-11(6-4-10)19-7-1-2-12(19)8-13-15(23)20(9-14(21)22)16(24)18-13/h1-8H,9H2,(H,18,24)(H,21,22)/b13-8+. The number of carbonyl (C=O) groups is 3. The number of carboxylic acids is 1. The van der Waals surface area contributed by atoms with E-state index < -0.39 is 24.5 Å². The third-order valence-electron chi connectivity index (χ3n) is 3.43. The minimum atomic E-state index is -1.25. The van der Waals surface area contributed by atoms with Crippen molar-refractivity contribution >= 4 is 39.9 Å². The van der Waals surface area contributed by atoms with E-state index in [9.17, 15) is 14.4 Å². The number of hydrogen-bond acceptors (Lipinski definition) is 3. The highest BCUT2D eigenvalue weighted by Gasteiger charge is 2.35. The molecule has 1 aromatic carbocycles. The molecule has 2 aromatic rings. The lowest BCUT2D eigenvalue weighted by Crippen LogP contribution is -2.35. The second kappa shape index (κ2) is 6.32. The number of carboxylic acid groups (broad SMARTS) is 1. The Morgan fingerprint density at radius 2 is 1.92 bits per heavy atom. The first kappa shape index (κ1) is 16.0. The number of rotatable bonds is 4. The van der Waals surface area contributed by atoms with E-state index in [1.807, 2.05) is 41.1 Å². The molecule has 1 aliphatic rings. The Morgan fingerprint density at radius 3 is 2.58 bits per heavy atom. The van der Waals surface area contributed by atoms with Crippen LogP contribution in [0.3, 0.4) is 0 Å². The normalized spacial score (nSPS) is 15.9. The Hall–Kier alpha value is -2.87. The predicted molar refractivity (Wildman–Crippen MR) is 89.3 cm³/mol. The number of urea groups is 1. The molecule has 0 bridgehead atoms. The zero-order chi connectivity index (χ0) is 17.3. The summed E-state index contributed by atoms with van der Waals surface area (Å²) in [5.74, 6) is -1.91. The minimum absolute atomic E-state index is 0.0401. The van der Waals surface area contributed by atoms with Gasteiger partial charge in [-0.1, -0.05) is 15.9 Å². The van der Waals surface area contributed by atoms with Gasteiger partial charge in [-0.15, -0.1) is 0 Å². The van der Waals surface area contributed by atoms with Crippen LogP contribution < -0.4 is 5.32 Å². The zero-order valence-corrected chi connectivity index (χ0v) is 13.9. The average molecular weight is 390 g/mol. The second-order valence-corrected chi connectivity index (χ2v) is 5.97. The lowest BCUT2D eigenvalue weighted by atomic mass is 10.2. The van der Waals surface area contributed by atoms with E-state index in [1.54, 1.807) is 6.07 Å². The molecular formula is C16H12BrN3O4. The summed E-state index contributed by atoms with van der Waals surface area (Å²) >= 11 is 3.37. The molecule has 122 valence electrons. The highest BCUT2D eigenvalue weighted by atomic mass is 79.9. The molecule has 0 saturated carbocycles. The number of imide groups is 1. The van der Waals surface area contributed by atoms with Crippen molar-refractivity contribution in [2.45, 2.75) is 0 Å². The number of benzene rings is 1. The second-order valence-electron chi connectivity index (χ2n) is 5.05. The van der Waals surface area contributed by atoms with Gasteiger partial charge in [0.05, 0.1) is 0 Å². The Bertz CT molecular complexity index is 854. The molecule has 24 heavy (non-hydrogen) atoms. The highest BCUT2D eigenvalue weighted by Crippen LogP contribution is 2.19. The number of aliphatic carboxylic acids is 1. The van der Waals surface area contributed by atoms with Gasteiger partial charge in [0.15, 0.2) is 0 Å². The van der Waals surface area contributed by atoms with Crippen LogP contribution in [0.25, 0.3) is 11.8 Å². The monoisotopic (exact) mass is 389 g/mol. The van der Waals surface area contributed by atoms with Crippen LogP contribution in [0.15, 0.2) is 52.8 Å². The van der Waals surface area contributed by atoms with E-state index in [4.69, 9.17) is 5.11 Å². The summed E-state index contributed by atoms with van der Waals surface area (Å²) in [6, 6.07) is 10.4. The number of nitrogens with one attached hydrogen (secondary N) is 1. The average Bonchev–Trinajstić information content (AvgIpc) is 3.09. The molecule has 0 unspecified atom stereocenters. The molecule has 2 N–H and O–H groups in total. The van der Waals surface area contributed by atoms with E-state index in [0.29, 0.717) is 10.6 Å². The van der Waals surface area contributed by atoms with Crippen molar-refractivity contribution in [2.24, 2.45) is 0 Å². The number of halogens is 1. The van der Waals surface area contributed by atoms with E-state index >= 15 is 0 Å². The van der Waals surface area contributed by atoms with E-state index in [0.717, 1.165) is 10.2 Å². The molecule has 1 fully saturated rings. The fraction of sp³-hybridized carbons (Fsp3) is 0.0625. The molecule has 1 aromatic heterocycles. The summed E-state index contributed by atoms with van der Waals surface area (Å²) in [6.45, 7) is -0.671. The molecule has 7 nitrogen and oxygen atoms in total. The van der Waals surface area contributed by atoms with Crippen molar-refractivity contribution < 1.29 is 19.5 Å². The van der Waals surface area contributed by atoms with Gasteiger partial charge in [0.25, 0.3) is 5.91 Å². The molecule has 1 aliphatic heterocycles. The maximum Gasteiger partial charge on any atom is 0.329 e. The summed E-state index contributed by atoms with van der Waals surface area (Å²) in [5.41, 5.74) is 1.60. The van der Waals surface area contributed by atoms with Crippen molar-refractivity contribution in [3.8, 4) is 5.69 Å². The van der Waals surface area contributed by atoms with Crippen LogP contribution in [-0.4, -0.2) is 39.0 Å².